The quantitative estimate of drug-likeness (QED) is 0.356. The number of anilines is 1. The number of nitrogens with one attached hydrogen (secondary N) is 3. The number of carbonyl (C=O) groups excluding carboxylic acids is 1. The number of benzene rings is 2. The number of carbonyl (C=O) groups is 1. The van der Waals surface area contributed by atoms with Gasteiger partial charge in [0, 0.05) is 18.4 Å². The maximum absolute atomic E-state index is 12.7. The summed E-state index contributed by atoms with van der Waals surface area (Å²) in [6.45, 7) is 1.93. The Bertz CT molecular complexity index is 1150. The Morgan fingerprint density at radius 1 is 1.32 bits per heavy atom. The molecule has 2 aromatic carbocycles. The van der Waals surface area contributed by atoms with Crippen molar-refractivity contribution in [2.24, 2.45) is 0 Å². The summed E-state index contributed by atoms with van der Waals surface area (Å²) >= 11 is 0. The third-order valence-electron chi connectivity index (χ3n) is 5.80. The monoisotopic (exact) mass is 417 g/mol. The Labute approximate surface area is 181 Å². The lowest BCUT2D eigenvalue weighted by Gasteiger charge is -2.21. The number of amides is 1. The van der Waals surface area contributed by atoms with Gasteiger partial charge in [-0.05, 0) is 49.5 Å². The highest BCUT2D eigenvalue weighted by atomic mass is 16.5. The van der Waals surface area contributed by atoms with Crippen LogP contribution in [0.2, 0.25) is 0 Å². The van der Waals surface area contributed by atoms with Crippen LogP contribution in [0.25, 0.3) is 11.0 Å². The van der Waals surface area contributed by atoms with Gasteiger partial charge in [0.25, 0.3) is 5.91 Å². The minimum absolute atomic E-state index is 0.148. The van der Waals surface area contributed by atoms with E-state index in [4.69, 9.17) is 15.9 Å². The van der Waals surface area contributed by atoms with Crippen LogP contribution in [-0.4, -0.2) is 34.8 Å². The summed E-state index contributed by atoms with van der Waals surface area (Å²) in [4.78, 5) is 20.2. The van der Waals surface area contributed by atoms with Crippen LogP contribution in [0.5, 0.6) is 0 Å². The highest BCUT2D eigenvalue weighted by molar-refractivity contribution is 6.15. The molecule has 7 heteroatoms. The maximum Gasteiger partial charge on any atom is 0.287 e. The van der Waals surface area contributed by atoms with Crippen molar-refractivity contribution in [1.29, 1.82) is 5.41 Å². The van der Waals surface area contributed by atoms with Gasteiger partial charge in [-0.15, -0.1) is 0 Å². The van der Waals surface area contributed by atoms with Gasteiger partial charge < -0.3 is 20.8 Å². The van der Waals surface area contributed by atoms with Gasteiger partial charge in [-0.1, -0.05) is 36.4 Å². The number of ether oxygens (including phenoxy) is 1. The van der Waals surface area contributed by atoms with Gasteiger partial charge in [0.2, 0.25) is 0 Å². The summed E-state index contributed by atoms with van der Waals surface area (Å²) in [6, 6.07) is 13.1. The molecule has 1 aromatic heterocycles. The van der Waals surface area contributed by atoms with Crippen molar-refractivity contribution in [3.8, 4) is 0 Å². The molecule has 0 saturated heterocycles. The number of aromatic amines is 1. The van der Waals surface area contributed by atoms with Crippen LogP contribution in [0.4, 0.5) is 5.69 Å². The second-order valence-electron chi connectivity index (χ2n) is 7.88. The van der Waals surface area contributed by atoms with Crippen molar-refractivity contribution in [2.45, 2.75) is 38.3 Å². The molecule has 2 atom stereocenters. The number of allylic oxidation sites excluding steroid dienone is 1. The van der Waals surface area contributed by atoms with Crippen LogP contribution in [-0.2, 0) is 4.74 Å². The van der Waals surface area contributed by atoms with E-state index in [0.29, 0.717) is 28.0 Å². The number of rotatable bonds is 6. The number of fused-ring (bicyclic) bond motifs is 1. The van der Waals surface area contributed by atoms with Gasteiger partial charge in [0.1, 0.15) is 0 Å². The molecule has 0 saturated carbocycles. The molecule has 2 unspecified atom stereocenters. The topological polar surface area (TPSA) is 117 Å². The Kier molecular flexibility index (Phi) is 5.86. The third-order valence-corrected chi connectivity index (χ3v) is 5.80. The number of methoxy groups -OCH3 is 1. The molecule has 0 radical (unpaired) electrons. The first-order chi connectivity index (χ1) is 15.0. The molecule has 0 spiro atoms. The number of imidazole rings is 1. The molecular formula is C24H27N5O2. The van der Waals surface area contributed by atoms with E-state index in [1.54, 1.807) is 19.2 Å². The lowest BCUT2D eigenvalue weighted by molar-refractivity contribution is 0.0930. The van der Waals surface area contributed by atoms with Crippen LogP contribution in [0, 0.1) is 5.41 Å². The van der Waals surface area contributed by atoms with Crippen molar-refractivity contribution in [3.63, 3.8) is 0 Å². The molecule has 0 fully saturated rings. The Morgan fingerprint density at radius 2 is 2.10 bits per heavy atom. The summed E-state index contributed by atoms with van der Waals surface area (Å²) in [5.74, 6) is -0.0657. The second kappa shape index (κ2) is 8.73. The van der Waals surface area contributed by atoms with Gasteiger partial charge >= 0.3 is 0 Å². The Balaban J connectivity index is 1.55. The van der Waals surface area contributed by atoms with Crippen molar-refractivity contribution in [1.82, 2.24) is 15.3 Å². The molecule has 5 N–H and O–H groups in total. The molecule has 0 aliphatic heterocycles. The van der Waals surface area contributed by atoms with E-state index in [1.165, 1.54) is 0 Å². The normalized spacial score (nSPS) is 17.2. The molecule has 0 bridgehead atoms. The van der Waals surface area contributed by atoms with E-state index < -0.39 is 0 Å². The number of nitrogen functional groups attached to an aromatic ring is 1. The van der Waals surface area contributed by atoms with Crippen molar-refractivity contribution in [2.75, 3.05) is 12.8 Å². The second-order valence-corrected chi connectivity index (χ2v) is 7.88. The van der Waals surface area contributed by atoms with E-state index in [9.17, 15) is 4.79 Å². The van der Waals surface area contributed by atoms with Crippen LogP contribution in [0.15, 0.2) is 54.1 Å². The number of H-pyrrole nitrogens is 1. The minimum Gasteiger partial charge on any atom is -0.398 e. The zero-order chi connectivity index (χ0) is 22.0. The number of nitrogens with zero attached hydrogens (tertiary/aromatic N) is 1. The van der Waals surface area contributed by atoms with Crippen LogP contribution in [0.3, 0.4) is 0 Å². The fourth-order valence-corrected chi connectivity index (χ4v) is 3.91. The average Bonchev–Trinajstić information content (AvgIpc) is 3.21. The van der Waals surface area contributed by atoms with E-state index in [1.807, 2.05) is 37.3 Å². The fraction of sp³-hybridized carbons (Fsp3) is 0.292. The summed E-state index contributed by atoms with van der Waals surface area (Å²) < 4.78 is 5.40. The number of aromatic nitrogens is 2. The Hall–Kier alpha value is -3.45. The van der Waals surface area contributed by atoms with E-state index in [-0.39, 0.29) is 23.9 Å². The van der Waals surface area contributed by atoms with E-state index in [0.717, 1.165) is 30.4 Å². The maximum atomic E-state index is 12.7. The molecular weight excluding hydrogens is 390 g/mol. The molecule has 1 amide bonds. The van der Waals surface area contributed by atoms with Crippen molar-refractivity contribution >= 4 is 28.3 Å². The first kappa shape index (κ1) is 20.8. The van der Waals surface area contributed by atoms with E-state index >= 15 is 0 Å². The van der Waals surface area contributed by atoms with Gasteiger partial charge in [-0.2, -0.15) is 0 Å². The standard InChI is InChI=1S/C24H27N5O2/c1-14(15-6-4-3-5-7-15)27-24(30)23-28-20-12-18(19(25)13-21(20)29-23)22(26)16-8-10-17(31-2)11-9-16/h3-8,12-14,17,26H,9-11,25H2,1-2H3,(H,27,30)(H,28,29). The smallest absolute Gasteiger partial charge is 0.287 e. The summed E-state index contributed by atoms with van der Waals surface area (Å²) in [5, 5.41) is 11.6. The fourth-order valence-electron chi connectivity index (χ4n) is 3.91. The first-order valence-electron chi connectivity index (χ1n) is 10.4. The molecule has 1 heterocycles. The number of hydrogen-bond donors (Lipinski definition) is 4. The number of nitrogens with two attached hydrogens (primary N) is 1. The molecule has 3 aromatic rings. The van der Waals surface area contributed by atoms with Crippen molar-refractivity contribution < 1.29 is 9.53 Å². The summed E-state index contributed by atoms with van der Waals surface area (Å²) in [5.41, 5.74) is 11.0. The third kappa shape index (κ3) is 4.36. The molecule has 1 aliphatic rings. The lowest BCUT2D eigenvalue weighted by atomic mass is 9.90. The van der Waals surface area contributed by atoms with Gasteiger partial charge in [0.15, 0.2) is 5.82 Å². The zero-order valence-corrected chi connectivity index (χ0v) is 17.7. The summed E-state index contributed by atoms with van der Waals surface area (Å²) in [7, 11) is 1.72. The predicted octanol–water partition coefficient (Wildman–Crippen LogP) is 4.13. The predicted molar refractivity (Wildman–Crippen MR) is 122 cm³/mol. The van der Waals surface area contributed by atoms with Crippen molar-refractivity contribution in [3.05, 3.63) is 71.1 Å². The largest absolute Gasteiger partial charge is 0.398 e. The molecule has 31 heavy (non-hydrogen) atoms. The average molecular weight is 418 g/mol. The first-order valence-corrected chi connectivity index (χ1v) is 10.4. The van der Waals surface area contributed by atoms with Crippen LogP contribution >= 0.6 is 0 Å². The highest BCUT2D eigenvalue weighted by Gasteiger charge is 2.20. The highest BCUT2D eigenvalue weighted by Crippen LogP contribution is 2.28. The summed E-state index contributed by atoms with van der Waals surface area (Å²) in [6.07, 6.45) is 4.73. The zero-order valence-electron chi connectivity index (χ0n) is 17.7. The van der Waals surface area contributed by atoms with Gasteiger partial charge in [-0.3, -0.25) is 10.2 Å². The van der Waals surface area contributed by atoms with E-state index in [2.05, 4.69) is 21.4 Å². The molecule has 160 valence electrons. The lowest BCUT2D eigenvalue weighted by Crippen LogP contribution is -2.27. The van der Waals surface area contributed by atoms with Crippen LogP contribution < -0.4 is 11.1 Å². The van der Waals surface area contributed by atoms with Gasteiger partial charge in [-0.25, -0.2) is 4.98 Å². The molecule has 1 aliphatic carbocycles. The molecule has 4 rings (SSSR count). The minimum atomic E-state index is -0.289. The SMILES string of the molecule is COC1CC=C(C(=N)c2cc3[nH]c(C(=O)NC(C)c4ccccc4)nc3cc2N)CC1. The molecule has 7 nitrogen and oxygen atoms in total. The Morgan fingerprint density at radius 3 is 2.77 bits per heavy atom. The van der Waals surface area contributed by atoms with Crippen LogP contribution in [0.1, 0.15) is 54.0 Å². The number of hydrogen-bond acceptors (Lipinski definition) is 5. The van der Waals surface area contributed by atoms with Gasteiger partial charge in [0.05, 0.1) is 28.9 Å².